The highest BCUT2D eigenvalue weighted by Gasteiger charge is 2.12. The Hall–Kier alpha value is -3.22. The molecular weight excluding hydrogens is 330 g/mol. The van der Waals surface area contributed by atoms with Crippen LogP contribution >= 0.6 is 0 Å². The summed E-state index contributed by atoms with van der Waals surface area (Å²) in [4.78, 5) is 21.5. The average molecular weight is 349 g/mol. The fourth-order valence-corrected chi connectivity index (χ4v) is 2.93. The number of aryl methyl sites for hydroxylation is 1. The number of methoxy groups -OCH3 is 1. The summed E-state index contributed by atoms with van der Waals surface area (Å²) < 4.78 is 8.53. The number of ether oxygens (including phenoxy) is 1. The molecule has 4 aromatic rings. The highest BCUT2D eigenvalue weighted by molar-refractivity contribution is 5.79. The minimum atomic E-state index is -0.0492. The lowest BCUT2D eigenvalue weighted by Gasteiger charge is -2.06. The Kier molecular flexibility index (Phi) is 4.12. The first-order chi connectivity index (χ1) is 12.7. The van der Waals surface area contributed by atoms with Crippen LogP contribution in [0.25, 0.3) is 28.1 Å². The Morgan fingerprint density at radius 3 is 2.69 bits per heavy atom. The normalized spacial score (nSPS) is 11.3. The summed E-state index contributed by atoms with van der Waals surface area (Å²) in [5.74, 6) is 1.80. The molecule has 0 fully saturated rings. The summed E-state index contributed by atoms with van der Waals surface area (Å²) in [6, 6.07) is 9.41. The number of fused-ring (bicyclic) bond motifs is 3. The molecule has 3 heterocycles. The van der Waals surface area contributed by atoms with Crippen molar-refractivity contribution in [2.75, 3.05) is 7.11 Å². The van der Waals surface area contributed by atoms with Gasteiger partial charge in [-0.05, 0) is 36.8 Å². The van der Waals surface area contributed by atoms with E-state index in [0.717, 1.165) is 24.2 Å². The molecule has 0 bridgehead atoms. The predicted octanol–water partition coefficient (Wildman–Crippen LogP) is 2.91. The second-order valence-corrected chi connectivity index (χ2v) is 6.10. The van der Waals surface area contributed by atoms with Crippen LogP contribution in [0.4, 0.5) is 0 Å². The van der Waals surface area contributed by atoms with Gasteiger partial charge >= 0.3 is 0 Å². The van der Waals surface area contributed by atoms with Gasteiger partial charge in [-0.15, -0.1) is 5.10 Å². The average Bonchev–Trinajstić information content (AvgIpc) is 3.12. The van der Waals surface area contributed by atoms with Crippen LogP contribution < -0.4 is 10.3 Å². The van der Waals surface area contributed by atoms with Gasteiger partial charge in [-0.2, -0.15) is 9.50 Å². The van der Waals surface area contributed by atoms with Crippen LogP contribution in [0.15, 0.2) is 47.5 Å². The summed E-state index contributed by atoms with van der Waals surface area (Å²) in [7, 11) is 1.63. The van der Waals surface area contributed by atoms with E-state index in [2.05, 4.69) is 22.0 Å². The largest absolute Gasteiger partial charge is 0.497 e. The smallest absolute Gasteiger partial charge is 0.261 e. The summed E-state index contributed by atoms with van der Waals surface area (Å²) in [6.45, 7) is 2.81. The van der Waals surface area contributed by atoms with Crippen LogP contribution in [0.1, 0.15) is 19.8 Å². The first-order valence-corrected chi connectivity index (χ1v) is 8.60. The number of benzene rings is 1. The Morgan fingerprint density at radius 2 is 1.96 bits per heavy atom. The second kappa shape index (κ2) is 6.59. The van der Waals surface area contributed by atoms with Crippen molar-refractivity contribution >= 4 is 16.7 Å². The van der Waals surface area contributed by atoms with Crippen molar-refractivity contribution in [3.63, 3.8) is 0 Å². The molecule has 0 N–H and O–H groups in total. The van der Waals surface area contributed by atoms with Gasteiger partial charge in [0.15, 0.2) is 5.82 Å². The molecule has 0 radical (unpaired) electrons. The van der Waals surface area contributed by atoms with Gasteiger partial charge in [0.1, 0.15) is 5.75 Å². The maximum absolute atomic E-state index is 12.7. The number of hydrogen-bond donors (Lipinski definition) is 0. The number of rotatable bonds is 5. The third-order valence-corrected chi connectivity index (χ3v) is 4.41. The fraction of sp³-hybridized carbons (Fsp3) is 0.263. The van der Waals surface area contributed by atoms with Gasteiger partial charge in [-0.1, -0.05) is 13.3 Å². The van der Waals surface area contributed by atoms with Gasteiger partial charge in [0, 0.05) is 24.5 Å². The Morgan fingerprint density at radius 1 is 1.15 bits per heavy atom. The van der Waals surface area contributed by atoms with E-state index in [1.807, 2.05) is 36.5 Å². The first-order valence-electron chi connectivity index (χ1n) is 8.60. The second-order valence-electron chi connectivity index (χ2n) is 6.10. The zero-order valence-corrected chi connectivity index (χ0v) is 14.7. The van der Waals surface area contributed by atoms with E-state index in [9.17, 15) is 4.79 Å². The molecule has 0 aliphatic heterocycles. The molecule has 0 amide bonds. The minimum absolute atomic E-state index is 0.0492. The molecule has 0 saturated heterocycles. The highest BCUT2D eigenvalue weighted by Crippen LogP contribution is 2.21. The quantitative estimate of drug-likeness (QED) is 0.554. The van der Waals surface area contributed by atoms with Gasteiger partial charge in [-0.3, -0.25) is 4.79 Å². The van der Waals surface area contributed by atoms with Crippen molar-refractivity contribution < 1.29 is 4.74 Å². The molecule has 1 aromatic carbocycles. The molecule has 0 aliphatic rings. The zero-order valence-electron chi connectivity index (χ0n) is 14.7. The van der Waals surface area contributed by atoms with E-state index < -0.39 is 0 Å². The fourth-order valence-electron chi connectivity index (χ4n) is 2.93. The Balaban J connectivity index is 1.83. The third kappa shape index (κ3) is 2.71. The van der Waals surface area contributed by atoms with Crippen molar-refractivity contribution in [1.29, 1.82) is 0 Å². The number of aromatic nitrogens is 5. The van der Waals surface area contributed by atoms with Crippen LogP contribution in [-0.2, 0) is 6.54 Å². The predicted molar refractivity (Wildman–Crippen MR) is 99.4 cm³/mol. The number of hydrogen-bond acceptors (Lipinski definition) is 5. The van der Waals surface area contributed by atoms with Crippen molar-refractivity contribution in [2.45, 2.75) is 26.3 Å². The number of pyridine rings is 1. The van der Waals surface area contributed by atoms with E-state index in [0.29, 0.717) is 29.0 Å². The van der Waals surface area contributed by atoms with Crippen molar-refractivity contribution in [2.24, 2.45) is 0 Å². The topological polar surface area (TPSA) is 74.3 Å². The van der Waals surface area contributed by atoms with E-state index in [4.69, 9.17) is 4.74 Å². The summed E-state index contributed by atoms with van der Waals surface area (Å²) >= 11 is 0. The molecule has 7 heteroatoms. The molecule has 4 rings (SSSR count). The SMILES string of the molecule is CCCCn1ccc2c(cnc3nc(-c4ccc(OC)cc4)nn32)c1=O. The van der Waals surface area contributed by atoms with E-state index in [1.165, 1.54) is 0 Å². The van der Waals surface area contributed by atoms with Crippen molar-refractivity contribution in [3.8, 4) is 17.1 Å². The molecule has 7 nitrogen and oxygen atoms in total. The van der Waals surface area contributed by atoms with Gasteiger partial charge in [0.05, 0.1) is 18.0 Å². The van der Waals surface area contributed by atoms with Crippen molar-refractivity contribution in [1.82, 2.24) is 24.1 Å². The lowest BCUT2D eigenvalue weighted by Crippen LogP contribution is -2.20. The van der Waals surface area contributed by atoms with Crippen LogP contribution in [0, 0.1) is 0 Å². The Labute approximate surface area is 149 Å². The Bertz CT molecular complexity index is 1130. The van der Waals surface area contributed by atoms with Crippen LogP contribution in [0.2, 0.25) is 0 Å². The number of unbranched alkanes of at least 4 members (excludes halogenated alkanes) is 1. The molecular formula is C19H19N5O2. The third-order valence-electron chi connectivity index (χ3n) is 4.41. The van der Waals surface area contributed by atoms with Crippen LogP contribution in [0.5, 0.6) is 5.75 Å². The summed E-state index contributed by atoms with van der Waals surface area (Å²) in [5, 5.41) is 5.10. The molecule has 0 aliphatic carbocycles. The van der Waals surface area contributed by atoms with E-state index in [-0.39, 0.29) is 5.56 Å². The maximum atomic E-state index is 12.7. The molecule has 0 saturated carbocycles. The molecule has 132 valence electrons. The molecule has 3 aromatic heterocycles. The zero-order chi connectivity index (χ0) is 18.1. The van der Waals surface area contributed by atoms with Gasteiger partial charge < -0.3 is 9.30 Å². The monoisotopic (exact) mass is 349 g/mol. The summed E-state index contributed by atoms with van der Waals surface area (Å²) in [5.41, 5.74) is 1.52. The van der Waals surface area contributed by atoms with Crippen LogP contribution in [0.3, 0.4) is 0 Å². The summed E-state index contributed by atoms with van der Waals surface area (Å²) in [6.07, 6.45) is 5.40. The molecule has 0 unspecified atom stereocenters. The molecule has 26 heavy (non-hydrogen) atoms. The maximum Gasteiger partial charge on any atom is 0.261 e. The van der Waals surface area contributed by atoms with Crippen LogP contribution in [-0.4, -0.2) is 31.3 Å². The van der Waals surface area contributed by atoms with Crippen molar-refractivity contribution in [3.05, 3.63) is 53.1 Å². The first kappa shape index (κ1) is 16.3. The lowest BCUT2D eigenvalue weighted by molar-refractivity contribution is 0.415. The van der Waals surface area contributed by atoms with E-state index >= 15 is 0 Å². The standard InChI is InChI=1S/C19H19N5O2/c1-3-4-10-23-11-9-16-15(18(23)25)12-20-19-21-17(22-24(16)19)13-5-7-14(26-2)8-6-13/h5-9,11-12H,3-4,10H2,1-2H3. The number of nitrogens with zero attached hydrogens (tertiary/aromatic N) is 5. The highest BCUT2D eigenvalue weighted by atomic mass is 16.5. The minimum Gasteiger partial charge on any atom is -0.497 e. The van der Waals surface area contributed by atoms with Gasteiger partial charge in [0.2, 0.25) is 0 Å². The molecule has 0 atom stereocenters. The van der Waals surface area contributed by atoms with E-state index in [1.54, 1.807) is 22.4 Å². The molecule has 0 spiro atoms. The van der Waals surface area contributed by atoms with Gasteiger partial charge in [0.25, 0.3) is 11.3 Å². The lowest BCUT2D eigenvalue weighted by atomic mass is 10.2. The van der Waals surface area contributed by atoms with Gasteiger partial charge in [-0.25, -0.2) is 4.98 Å².